The Morgan fingerprint density at radius 3 is 2.50 bits per heavy atom. The molecule has 2 heterocycles. The van der Waals surface area contributed by atoms with Gasteiger partial charge in [-0.2, -0.15) is 5.10 Å². The van der Waals surface area contributed by atoms with E-state index >= 15 is 0 Å². The summed E-state index contributed by atoms with van der Waals surface area (Å²) in [7, 11) is 0. The van der Waals surface area contributed by atoms with Gasteiger partial charge in [0.25, 0.3) is 0 Å². The zero-order chi connectivity index (χ0) is 16.3. The average Bonchev–Trinajstić information content (AvgIpc) is 2.44. The molecule has 0 fully saturated rings. The molecule has 118 valence electrons. The van der Waals surface area contributed by atoms with Crippen LogP contribution >= 0.6 is 0 Å². The second kappa shape index (κ2) is 6.50. The maximum absolute atomic E-state index is 12.5. The summed E-state index contributed by atoms with van der Waals surface area (Å²) in [6, 6.07) is 3.75. The molecule has 0 aliphatic rings. The highest BCUT2D eigenvalue weighted by Crippen LogP contribution is 2.19. The first kappa shape index (κ1) is 16.5. The number of hydrogen-bond donors (Lipinski definition) is 1. The van der Waals surface area contributed by atoms with Crippen LogP contribution in [0.2, 0.25) is 0 Å². The normalized spacial score (nSPS) is 13.0. The van der Waals surface area contributed by atoms with Gasteiger partial charge in [-0.1, -0.05) is 0 Å². The van der Waals surface area contributed by atoms with Crippen LogP contribution in [0.1, 0.15) is 26.3 Å². The van der Waals surface area contributed by atoms with E-state index in [4.69, 9.17) is 0 Å². The van der Waals surface area contributed by atoms with E-state index in [9.17, 15) is 9.35 Å². The fourth-order valence-electron chi connectivity index (χ4n) is 2.02. The Labute approximate surface area is 132 Å². The SMILES string of the molecule is C[S+]([O-])c1c(NCc2ccncc2)cnn(C(C)(C)C)c1=O. The van der Waals surface area contributed by atoms with Crippen LogP contribution in [-0.2, 0) is 23.3 Å². The summed E-state index contributed by atoms with van der Waals surface area (Å²) in [5.74, 6) is 0. The van der Waals surface area contributed by atoms with E-state index in [0.29, 0.717) is 12.2 Å². The molecule has 7 heteroatoms. The van der Waals surface area contributed by atoms with E-state index in [2.05, 4.69) is 15.4 Å². The maximum atomic E-state index is 12.5. The van der Waals surface area contributed by atoms with Crippen LogP contribution in [0.3, 0.4) is 0 Å². The molecule has 6 nitrogen and oxygen atoms in total. The third-order valence-electron chi connectivity index (χ3n) is 3.09. The zero-order valence-corrected chi connectivity index (χ0v) is 14.0. The van der Waals surface area contributed by atoms with Gasteiger partial charge in [0, 0.05) is 18.9 Å². The molecule has 2 aromatic heterocycles. The van der Waals surface area contributed by atoms with Crippen molar-refractivity contribution in [3.05, 3.63) is 46.6 Å². The van der Waals surface area contributed by atoms with E-state index in [1.54, 1.807) is 18.6 Å². The first-order valence-electron chi connectivity index (χ1n) is 6.89. The molecule has 1 atom stereocenters. The number of anilines is 1. The molecular formula is C15H20N4O2S. The molecule has 0 aliphatic carbocycles. The minimum Gasteiger partial charge on any atom is -0.611 e. The Morgan fingerprint density at radius 1 is 1.32 bits per heavy atom. The molecule has 0 spiro atoms. The second-order valence-corrected chi connectivity index (χ2v) is 7.25. The molecule has 0 aromatic carbocycles. The van der Waals surface area contributed by atoms with Gasteiger partial charge in [0.05, 0.1) is 11.7 Å². The van der Waals surface area contributed by atoms with Crippen LogP contribution in [0.25, 0.3) is 0 Å². The van der Waals surface area contributed by atoms with Crippen molar-refractivity contribution in [1.82, 2.24) is 14.8 Å². The van der Waals surface area contributed by atoms with Crippen LogP contribution in [0, 0.1) is 0 Å². The van der Waals surface area contributed by atoms with Crippen LogP contribution in [0.5, 0.6) is 0 Å². The van der Waals surface area contributed by atoms with Gasteiger partial charge in [-0.25, -0.2) is 4.68 Å². The predicted molar refractivity (Wildman–Crippen MR) is 87.4 cm³/mol. The van der Waals surface area contributed by atoms with E-state index in [1.807, 2.05) is 32.9 Å². The van der Waals surface area contributed by atoms with Gasteiger partial charge in [-0.15, -0.1) is 0 Å². The molecule has 0 radical (unpaired) electrons. The first-order chi connectivity index (χ1) is 10.3. The molecular weight excluding hydrogens is 300 g/mol. The third-order valence-corrected chi connectivity index (χ3v) is 4.06. The summed E-state index contributed by atoms with van der Waals surface area (Å²) in [4.78, 5) is 16.8. The number of aromatic nitrogens is 3. The molecule has 0 saturated carbocycles. The molecule has 0 saturated heterocycles. The van der Waals surface area contributed by atoms with Gasteiger partial charge >= 0.3 is 5.56 Å². The Bertz CT molecular complexity index is 693. The summed E-state index contributed by atoms with van der Waals surface area (Å²) in [6.07, 6.45) is 6.46. The van der Waals surface area contributed by atoms with Crippen molar-refractivity contribution in [2.24, 2.45) is 0 Å². The number of hydrogen-bond acceptors (Lipinski definition) is 5. The molecule has 0 amide bonds. The van der Waals surface area contributed by atoms with Gasteiger partial charge in [-0.05, 0) is 49.6 Å². The lowest BCUT2D eigenvalue weighted by atomic mass is 10.1. The predicted octanol–water partition coefficient (Wildman–Crippen LogP) is 1.74. The Balaban J connectivity index is 2.36. The smallest absolute Gasteiger partial charge is 0.324 e. The Morgan fingerprint density at radius 2 is 1.95 bits per heavy atom. The van der Waals surface area contributed by atoms with Crippen molar-refractivity contribution in [1.29, 1.82) is 0 Å². The van der Waals surface area contributed by atoms with Crippen molar-refractivity contribution in [2.45, 2.75) is 37.8 Å². The van der Waals surface area contributed by atoms with E-state index in [-0.39, 0.29) is 10.5 Å². The number of nitrogens with one attached hydrogen (secondary N) is 1. The minimum atomic E-state index is -1.40. The molecule has 22 heavy (non-hydrogen) atoms. The van der Waals surface area contributed by atoms with Crippen LogP contribution < -0.4 is 10.9 Å². The monoisotopic (exact) mass is 320 g/mol. The van der Waals surface area contributed by atoms with Crippen molar-refractivity contribution >= 4 is 16.9 Å². The topological polar surface area (TPSA) is 82.9 Å². The fraction of sp³-hybridized carbons (Fsp3) is 0.400. The second-order valence-electron chi connectivity index (χ2n) is 5.94. The first-order valence-corrected chi connectivity index (χ1v) is 8.45. The van der Waals surface area contributed by atoms with Crippen molar-refractivity contribution in [3.8, 4) is 0 Å². The number of nitrogens with zero attached hydrogens (tertiary/aromatic N) is 3. The lowest BCUT2D eigenvalue weighted by Crippen LogP contribution is -2.38. The molecule has 2 aromatic rings. The molecule has 2 rings (SSSR count). The summed E-state index contributed by atoms with van der Waals surface area (Å²) >= 11 is -1.40. The number of pyridine rings is 1. The van der Waals surface area contributed by atoms with Crippen LogP contribution in [-0.4, -0.2) is 25.6 Å². The van der Waals surface area contributed by atoms with Crippen LogP contribution in [0.4, 0.5) is 5.69 Å². The van der Waals surface area contributed by atoms with Crippen molar-refractivity contribution in [2.75, 3.05) is 11.6 Å². The van der Waals surface area contributed by atoms with Crippen molar-refractivity contribution in [3.63, 3.8) is 0 Å². The molecule has 1 N–H and O–H groups in total. The van der Waals surface area contributed by atoms with Crippen molar-refractivity contribution < 1.29 is 4.55 Å². The van der Waals surface area contributed by atoms with E-state index < -0.39 is 16.7 Å². The molecule has 0 aliphatic heterocycles. The third kappa shape index (κ3) is 3.66. The number of rotatable bonds is 4. The quantitative estimate of drug-likeness (QED) is 0.868. The summed E-state index contributed by atoms with van der Waals surface area (Å²) < 4.78 is 13.4. The van der Waals surface area contributed by atoms with Crippen LogP contribution in [0.15, 0.2) is 40.4 Å². The van der Waals surface area contributed by atoms with Gasteiger partial charge in [-0.3, -0.25) is 9.78 Å². The Kier molecular flexibility index (Phi) is 4.87. The summed E-state index contributed by atoms with van der Waals surface area (Å²) in [5.41, 5.74) is 0.730. The minimum absolute atomic E-state index is 0.249. The van der Waals surface area contributed by atoms with E-state index in [1.165, 1.54) is 10.9 Å². The molecule has 0 bridgehead atoms. The lowest BCUT2D eigenvalue weighted by Gasteiger charge is -2.22. The molecule has 1 unspecified atom stereocenters. The maximum Gasteiger partial charge on any atom is 0.324 e. The highest BCUT2D eigenvalue weighted by molar-refractivity contribution is 7.90. The van der Waals surface area contributed by atoms with Gasteiger partial charge in [0.1, 0.15) is 11.9 Å². The van der Waals surface area contributed by atoms with Gasteiger partial charge in [0.15, 0.2) is 0 Å². The fourth-order valence-corrected chi connectivity index (χ4v) is 2.78. The summed E-state index contributed by atoms with van der Waals surface area (Å²) in [5, 5.41) is 7.33. The van der Waals surface area contributed by atoms with E-state index in [0.717, 1.165) is 5.56 Å². The summed E-state index contributed by atoms with van der Waals surface area (Å²) in [6.45, 7) is 6.16. The largest absolute Gasteiger partial charge is 0.611 e. The highest BCUT2D eigenvalue weighted by Gasteiger charge is 2.25. The zero-order valence-electron chi connectivity index (χ0n) is 13.2. The standard InChI is InChI=1S/C15H20N4O2S/c1-15(2,3)19-14(20)13(22(4)21)12(10-18-19)17-9-11-5-7-16-8-6-11/h5-8,10,17H,9H2,1-4H3. The van der Waals surface area contributed by atoms with Gasteiger partial charge in [0.2, 0.25) is 4.90 Å². The van der Waals surface area contributed by atoms with Gasteiger partial charge < -0.3 is 9.87 Å². The highest BCUT2D eigenvalue weighted by atomic mass is 32.2. The lowest BCUT2D eigenvalue weighted by molar-refractivity contribution is 0.333. The average molecular weight is 320 g/mol. The Hall–Kier alpha value is -1.86.